The van der Waals surface area contributed by atoms with Gasteiger partial charge in [-0.1, -0.05) is 30.0 Å². The van der Waals surface area contributed by atoms with Gasteiger partial charge in [0.15, 0.2) is 15.8 Å². The first-order chi connectivity index (χ1) is 12.2. The predicted octanol–water partition coefficient (Wildman–Crippen LogP) is 3.25. The van der Waals surface area contributed by atoms with Crippen LogP contribution in [0.3, 0.4) is 0 Å². The van der Waals surface area contributed by atoms with Crippen LogP contribution in [0.15, 0.2) is 51.9 Å². The van der Waals surface area contributed by atoms with Crippen molar-refractivity contribution in [3.05, 3.63) is 48.0 Å². The van der Waals surface area contributed by atoms with Crippen LogP contribution < -0.4 is 10.2 Å². The molecule has 0 saturated heterocycles. The summed E-state index contributed by atoms with van der Waals surface area (Å²) in [5.41, 5.74) is 3.82. The quantitative estimate of drug-likeness (QED) is 0.394. The van der Waals surface area contributed by atoms with E-state index in [1.54, 1.807) is 29.5 Å². The van der Waals surface area contributed by atoms with Crippen molar-refractivity contribution < 1.29 is 14.6 Å². The third kappa shape index (κ3) is 4.28. The van der Waals surface area contributed by atoms with Gasteiger partial charge in [-0.15, -0.1) is 11.3 Å². The number of carbonyl (C=O) groups excluding carboxylic acids is 1. The summed E-state index contributed by atoms with van der Waals surface area (Å²) < 4.78 is 6.95. The number of aromatic nitrogens is 1. The summed E-state index contributed by atoms with van der Waals surface area (Å²) in [6.07, 6.45) is 1.37. The zero-order chi connectivity index (χ0) is 17.6. The monoisotopic (exact) mass is 373 g/mol. The van der Waals surface area contributed by atoms with Gasteiger partial charge in [0.05, 0.1) is 29.3 Å². The number of phenolic OH excluding ortho intramolecular Hbond substituents is 1. The molecule has 0 spiro atoms. The highest BCUT2D eigenvalue weighted by Crippen LogP contribution is 2.29. The fourth-order valence-corrected chi connectivity index (χ4v) is 3.92. The van der Waals surface area contributed by atoms with Gasteiger partial charge in [-0.25, -0.2) is 10.4 Å². The number of phenols is 1. The fraction of sp³-hybridized carbons (Fsp3) is 0.118. The third-order valence-corrected chi connectivity index (χ3v) is 5.42. The highest BCUT2D eigenvalue weighted by molar-refractivity contribution is 8.01. The molecule has 1 amide bonds. The van der Waals surface area contributed by atoms with Crippen LogP contribution in [0.2, 0.25) is 0 Å². The molecule has 0 aliphatic rings. The molecule has 2 aromatic carbocycles. The molecule has 25 heavy (non-hydrogen) atoms. The van der Waals surface area contributed by atoms with Gasteiger partial charge in [-0.3, -0.25) is 4.79 Å². The molecule has 6 nitrogen and oxygen atoms in total. The fourth-order valence-electron chi connectivity index (χ4n) is 2.05. The number of hydrazone groups is 1. The van der Waals surface area contributed by atoms with E-state index in [1.807, 2.05) is 24.3 Å². The number of nitrogens with one attached hydrogen (secondary N) is 1. The molecule has 0 fully saturated rings. The lowest BCUT2D eigenvalue weighted by molar-refractivity contribution is -0.118. The van der Waals surface area contributed by atoms with E-state index in [2.05, 4.69) is 15.5 Å². The summed E-state index contributed by atoms with van der Waals surface area (Å²) in [6.45, 7) is 0. The van der Waals surface area contributed by atoms with Crippen LogP contribution in [0, 0.1) is 0 Å². The minimum Gasteiger partial charge on any atom is -0.504 e. The average Bonchev–Trinajstić information content (AvgIpc) is 3.04. The number of methoxy groups -OCH3 is 1. The number of thioether (sulfide) groups is 1. The van der Waals surface area contributed by atoms with E-state index in [-0.39, 0.29) is 17.4 Å². The maximum atomic E-state index is 11.9. The van der Waals surface area contributed by atoms with Gasteiger partial charge in [0, 0.05) is 5.56 Å². The number of thiazole rings is 1. The first-order valence-corrected chi connectivity index (χ1v) is 9.14. The van der Waals surface area contributed by atoms with Crippen LogP contribution in [-0.2, 0) is 4.79 Å². The second kappa shape index (κ2) is 8.00. The Morgan fingerprint density at radius 3 is 3.00 bits per heavy atom. The number of hydrogen-bond acceptors (Lipinski definition) is 7. The minimum atomic E-state index is -0.247. The van der Waals surface area contributed by atoms with Crippen LogP contribution in [0.1, 0.15) is 5.56 Å². The molecule has 128 valence electrons. The maximum absolute atomic E-state index is 11.9. The lowest BCUT2D eigenvalue weighted by Crippen LogP contribution is -2.19. The van der Waals surface area contributed by atoms with Crippen LogP contribution in [-0.4, -0.2) is 35.1 Å². The van der Waals surface area contributed by atoms with Gasteiger partial charge in [0.1, 0.15) is 0 Å². The van der Waals surface area contributed by atoms with Gasteiger partial charge in [-0.2, -0.15) is 5.10 Å². The van der Waals surface area contributed by atoms with Crippen molar-refractivity contribution in [1.82, 2.24) is 10.4 Å². The number of hydrogen-bond donors (Lipinski definition) is 2. The van der Waals surface area contributed by atoms with Crippen molar-refractivity contribution in [2.75, 3.05) is 12.9 Å². The van der Waals surface area contributed by atoms with E-state index in [4.69, 9.17) is 4.74 Å². The van der Waals surface area contributed by atoms with Crippen molar-refractivity contribution in [2.24, 2.45) is 5.10 Å². The first kappa shape index (κ1) is 17.2. The normalized spacial score (nSPS) is 11.1. The standard InChI is InChI=1S/C17H15N3O3S2/c1-23-13-7-4-5-11(16(13)22)9-18-20-15(21)10-24-17-19-12-6-2-3-8-14(12)25-17/h2-9,22H,10H2,1H3,(H,20,21)/b18-9+. The third-order valence-electron chi connectivity index (χ3n) is 3.24. The van der Waals surface area contributed by atoms with E-state index in [1.165, 1.54) is 25.1 Å². The second-order valence-electron chi connectivity index (χ2n) is 4.93. The van der Waals surface area contributed by atoms with Gasteiger partial charge >= 0.3 is 0 Å². The summed E-state index contributed by atoms with van der Waals surface area (Å²) in [5, 5.41) is 13.8. The molecule has 2 N–H and O–H groups in total. The van der Waals surface area contributed by atoms with Crippen molar-refractivity contribution in [2.45, 2.75) is 4.34 Å². The van der Waals surface area contributed by atoms with Gasteiger partial charge in [0.25, 0.3) is 5.91 Å². The van der Waals surface area contributed by atoms with Crippen LogP contribution in [0.5, 0.6) is 11.5 Å². The topological polar surface area (TPSA) is 83.8 Å². The van der Waals surface area contributed by atoms with Crippen LogP contribution in [0.4, 0.5) is 0 Å². The highest BCUT2D eigenvalue weighted by Gasteiger charge is 2.08. The largest absolute Gasteiger partial charge is 0.504 e. The van der Waals surface area contributed by atoms with Crippen molar-refractivity contribution in [1.29, 1.82) is 0 Å². The number of fused-ring (bicyclic) bond motifs is 1. The Morgan fingerprint density at radius 2 is 2.20 bits per heavy atom. The molecule has 0 bridgehead atoms. The van der Waals surface area contributed by atoms with Crippen molar-refractivity contribution >= 4 is 45.4 Å². The summed E-state index contributed by atoms with van der Waals surface area (Å²) in [6, 6.07) is 12.9. The maximum Gasteiger partial charge on any atom is 0.250 e. The molecule has 3 aromatic rings. The Kier molecular flexibility index (Phi) is 5.52. The number of ether oxygens (including phenoxy) is 1. The molecule has 0 unspecified atom stereocenters. The molecule has 8 heteroatoms. The number of aromatic hydroxyl groups is 1. The van der Waals surface area contributed by atoms with Gasteiger partial charge in [0.2, 0.25) is 0 Å². The van der Waals surface area contributed by atoms with E-state index in [0.29, 0.717) is 11.3 Å². The number of rotatable bonds is 6. The molecule has 1 aromatic heterocycles. The summed E-state index contributed by atoms with van der Waals surface area (Å²) in [5.74, 6) is 0.290. The van der Waals surface area contributed by atoms with Crippen LogP contribution >= 0.6 is 23.1 Å². The Bertz CT molecular complexity index is 891. The number of para-hydroxylation sites is 2. The predicted molar refractivity (Wildman–Crippen MR) is 101 cm³/mol. The number of carbonyl (C=O) groups is 1. The smallest absolute Gasteiger partial charge is 0.250 e. The molecule has 3 rings (SSSR count). The molecule has 0 saturated carbocycles. The first-order valence-electron chi connectivity index (χ1n) is 7.33. The zero-order valence-corrected chi connectivity index (χ0v) is 14.9. The lowest BCUT2D eigenvalue weighted by atomic mass is 10.2. The molecular weight excluding hydrogens is 358 g/mol. The number of benzene rings is 2. The molecule has 0 aliphatic carbocycles. The summed E-state index contributed by atoms with van der Waals surface area (Å²) >= 11 is 2.91. The van der Waals surface area contributed by atoms with Crippen molar-refractivity contribution in [3.8, 4) is 11.5 Å². The lowest BCUT2D eigenvalue weighted by Gasteiger charge is -2.04. The highest BCUT2D eigenvalue weighted by atomic mass is 32.2. The van der Waals surface area contributed by atoms with E-state index >= 15 is 0 Å². The van der Waals surface area contributed by atoms with E-state index < -0.39 is 0 Å². The molecule has 0 radical (unpaired) electrons. The minimum absolute atomic E-state index is 0.0214. The van der Waals surface area contributed by atoms with Gasteiger partial charge in [-0.05, 0) is 24.3 Å². The Hall–Kier alpha value is -2.58. The number of amides is 1. The zero-order valence-electron chi connectivity index (χ0n) is 13.3. The number of nitrogens with zero attached hydrogens (tertiary/aromatic N) is 2. The van der Waals surface area contributed by atoms with Crippen molar-refractivity contribution in [3.63, 3.8) is 0 Å². The Balaban J connectivity index is 1.54. The SMILES string of the molecule is COc1cccc(/C=N/NC(=O)CSc2nc3ccccc3s2)c1O. The Morgan fingerprint density at radius 1 is 1.36 bits per heavy atom. The van der Waals surface area contributed by atoms with E-state index in [0.717, 1.165) is 14.6 Å². The summed E-state index contributed by atoms with van der Waals surface area (Å²) in [4.78, 5) is 16.3. The molecule has 0 aliphatic heterocycles. The second-order valence-corrected chi connectivity index (χ2v) is 7.18. The van der Waals surface area contributed by atoms with Gasteiger partial charge < -0.3 is 9.84 Å². The van der Waals surface area contributed by atoms with Crippen LogP contribution in [0.25, 0.3) is 10.2 Å². The summed E-state index contributed by atoms with van der Waals surface area (Å²) in [7, 11) is 1.47. The average molecular weight is 373 g/mol. The van der Waals surface area contributed by atoms with E-state index in [9.17, 15) is 9.90 Å². The molecule has 0 atom stereocenters. The molecular formula is C17H15N3O3S2. The Labute approximate surface area is 152 Å². The molecule has 1 heterocycles.